The van der Waals surface area contributed by atoms with E-state index >= 15 is 0 Å². The number of carbonyl (C=O) groups excluding carboxylic acids is 1. The topological polar surface area (TPSA) is 92.4 Å². The van der Waals surface area contributed by atoms with Crippen molar-refractivity contribution in [3.63, 3.8) is 0 Å². The molecule has 0 aromatic heterocycles. The third-order valence-corrected chi connectivity index (χ3v) is 3.79. The molecule has 0 bridgehead atoms. The Kier molecular flexibility index (Phi) is 7.68. The van der Waals surface area contributed by atoms with Gasteiger partial charge in [0.25, 0.3) is 0 Å². The second kappa shape index (κ2) is 8.15. The molecule has 0 aromatic rings. The van der Waals surface area contributed by atoms with E-state index < -0.39 is 11.5 Å². The zero-order chi connectivity index (χ0) is 15.1. The van der Waals surface area contributed by atoms with Crippen molar-refractivity contribution in [2.75, 3.05) is 0 Å². The largest absolute Gasteiger partial charge is 0.481 e. The van der Waals surface area contributed by atoms with Gasteiger partial charge >= 0.3 is 5.97 Å². The number of carboxylic acid groups (broad SMARTS) is 1. The predicted molar refractivity (Wildman–Crippen MR) is 75.8 cm³/mol. The smallest absolute Gasteiger partial charge is 0.306 e. The average molecular weight is 272 g/mol. The summed E-state index contributed by atoms with van der Waals surface area (Å²) in [5.41, 5.74) is 5.23. The Bertz CT molecular complexity index is 301. The zero-order valence-electron chi connectivity index (χ0n) is 12.5. The molecule has 0 aliphatic rings. The fraction of sp³-hybridized carbons (Fsp3) is 0.857. The zero-order valence-corrected chi connectivity index (χ0v) is 12.5. The Morgan fingerprint density at radius 1 is 1.21 bits per heavy atom. The summed E-state index contributed by atoms with van der Waals surface area (Å²) < 4.78 is 0. The van der Waals surface area contributed by atoms with Crippen molar-refractivity contribution in [1.82, 2.24) is 5.32 Å². The number of aliphatic carboxylic acids is 1. The first-order valence-electron chi connectivity index (χ1n) is 7.09. The molecule has 112 valence electrons. The average Bonchev–Trinajstić information content (AvgIpc) is 2.37. The maximum Gasteiger partial charge on any atom is 0.306 e. The fourth-order valence-electron chi connectivity index (χ4n) is 1.86. The van der Waals surface area contributed by atoms with Crippen LogP contribution in [0.2, 0.25) is 0 Å². The van der Waals surface area contributed by atoms with Gasteiger partial charge in [-0.3, -0.25) is 9.59 Å². The summed E-state index contributed by atoms with van der Waals surface area (Å²) in [6.45, 7) is 7.43. The molecule has 19 heavy (non-hydrogen) atoms. The van der Waals surface area contributed by atoms with E-state index in [1.807, 2.05) is 20.8 Å². The highest BCUT2D eigenvalue weighted by atomic mass is 16.4. The molecular weight excluding hydrogens is 244 g/mol. The summed E-state index contributed by atoms with van der Waals surface area (Å²) in [4.78, 5) is 22.7. The van der Waals surface area contributed by atoms with E-state index in [2.05, 4.69) is 5.32 Å². The highest BCUT2D eigenvalue weighted by Gasteiger charge is 2.30. The maximum absolute atomic E-state index is 12.0. The molecule has 2 unspecified atom stereocenters. The molecule has 1 amide bonds. The van der Waals surface area contributed by atoms with E-state index in [9.17, 15) is 9.59 Å². The van der Waals surface area contributed by atoms with Crippen LogP contribution in [0.1, 0.15) is 59.8 Å². The van der Waals surface area contributed by atoms with E-state index in [0.717, 1.165) is 12.8 Å². The number of rotatable bonds is 9. The number of carbonyl (C=O) groups is 2. The lowest BCUT2D eigenvalue weighted by atomic mass is 9.92. The number of carboxylic acids is 1. The molecular formula is C14H28N2O3. The minimum Gasteiger partial charge on any atom is -0.481 e. The Morgan fingerprint density at radius 2 is 1.74 bits per heavy atom. The molecule has 2 atom stereocenters. The van der Waals surface area contributed by atoms with Gasteiger partial charge < -0.3 is 16.2 Å². The number of amides is 1. The van der Waals surface area contributed by atoms with Gasteiger partial charge in [0.2, 0.25) is 5.91 Å². The molecule has 0 aliphatic heterocycles. The molecule has 5 heteroatoms. The van der Waals surface area contributed by atoms with Crippen molar-refractivity contribution in [3.8, 4) is 0 Å². The Labute approximate surface area is 115 Å². The molecule has 0 rings (SSSR count). The summed E-state index contributed by atoms with van der Waals surface area (Å²) in [7, 11) is 0. The first-order chi connectivity index (χ1) is 8.76. The highest BCUT2D eigenvalue weighted by molar-refractivity contribution is 5.86. The van der Waals surface area contributed by atoms with Crippen LogP contribution in [-0.4, -0.2) is 28.6 Å². The molecule has 0 aromatic carbocycles. The van der Waals surface area contributed by atoms with Gasteiger partial charge in [-0.1, -0.05) is 27.2 Å². The van der Waals surface area contributed by atoms with Gasteiger partial charge in [-0.15, -0.1) is 0 Å². The van der Waals surface area contributed by atoms with Crippen molar-refractivity contribution < 1.29 is 14.7 Å². The summed E-state index contributed by atoms with van der Waals surface area (Å²) in [5, 5.41) is 11.7. The lowest BCUT2D eigenvalue weighted by molar-refractivity contribution is -0.141. The molecule has 5 nitrogen and oxygen atoms in total. The molecule has 0 aliphatic carbocycles. The van der Waals surface area contributed by atoms with Crippen LogP contribution in [0.5, 0.6) is 0 Å². The molecule has 0 saturated heterocycles. The van der Waals surface area contributed by atoms with Crippen LogP contribution in [0, 0.1) is 5.92 Å². The molecule has 0 radical (unpaired) electrons. The first kappa shape index (κ1) is 17.9. The predicted octanol–water partition coefficient (Wildman–Crippen LogP) is 1.90. The third kappa shape index (κ3) is 6.05. The van der Waals surface area contributed by atoms with Gasteiger partial charge in [0.05, 0.1) is 11.5 Å². The van der Waals surface area contributed by atoms with Crippen LogP contribution in [0.25, 0.3) is 0 Å². The number of hydrogen-bond donors (Lipinski definition) is 3. The maximum atomic E-state index is 12.0. The summed E-state index contributed by atoms with van der Waals surface area (Å²) >= 11 is 0. The number of nitrogens with one attached hydrogen (secondary N) is 1. The van der Waals surface area contributed by atoms with Gasteiger partial charge in [-0.2, -0.15) is 0 Å². The van der Waals surface area contributed by atoms with Crippen molar-refractivity contribution in [2.24, 2.45) is 11.7 Å². The van der Waals surface area contributed by atoms with E-state index in [1.165, 1.54) is 0 Å². The quantitative estimate of drug-likeness (QED) is 0.597. The van der Waals surface area contributed by atoms with Crippen LogP contribution in [-0.2, 0) is 9.59 Å². The van der Waals surface area contributed by atoms with Crippen molar-refractivity contribution >= 4 is 11.9 Å². The van der Waals surface area contributed by atoms with Crippen LogP contribution in [0.3, 0.4) is 0 Å². The van der Waals surface area contributed by atoms with Crippen LogP contribution < -0.4 is 11.1 Å². The Morgan fingerprint density at radius 3 is 2.16 bits per heavy atom. The number of hydrogen-bond acceptors (Lipinski definition) is 3. The Hall–Kier alpha value is -1.10. The lowest BCUT2D eigenvalue weighted by Crippen LogP contribution is -2.55. The summed E-state index contributed by atoms with van der Waals surface area (Å²) in [6.07, 6.45) is 3.40. The molecule has 0 spiro atoms. The van der Waals surface area contributed by atoms with E-state index in [-0.39, 0.29) is 17.9 Å². The van der Waals surface area contributed by atoms with Crippen LogP contribution in [0.4, 0.5) is 0 Å². The first-order valence-corrected chi connectivity index (χ1v) is 7.09. The Balaban J connectivity index is 4.08. The van der Waals surface area contributed by atoms with E-state index in [4.69, 9.17) is 10.8 Å². The summed E-state index contributed by atoms with van der Waals surface area (Å²) in [5.74, 6) is -1.21. The van der Waals surface area contributed by atoms with Gasteiger partial charge in [0.15, 0.2) is 0 Å². The minimum absolute atomic E-state index is 0.0227. The van der Waals surface area contributed by atoms with Gasteiger partial charge in [0.1, 0.15) is 0 Å². The van der Waals surface area contributed by atoms with E-state index in [1.54, 1.807) is 6.92 Å². The van der Waals surface area contributed by atoms with Crippen LogP contribution in [0.15, 0.2) is 0 Å². The minimum atomic E-state index is -0.789. The van der Waals surface area contributed by atoms with E-state index in [0.29, 0.717) is 19.3 Å². The second-order valence-corrected chi connectivity index (χ2v) is 5.41. The van der Waals surface area contributed by atoms with Crippen molar-refractivity contribution in [3.05, 3.63) is 0 Å². The standard InChI is InChI=1S/C14H28N2O3/c1-5-14(15,6-2)13(19)16-11(4)9-7-8-10(3)12(17)18/h10-11H,5-9,15H2,1-4H3,(H,16,19)(H,17,18). The normalized spacial score (nSPS) is 14.8. The molecule has 0 fully saturated rings. The monoisotopic (exact) mass is 272 g/mol. The van der Waals surface area contributed by atoms with Crippen molar-refractivity contribution in [1.29, 1.82) is 0 Å². The lowest BCUT2D eigenvalue weighted by Gasteiger charge is -2.27. The number of nitrogens with two attached hydrogens (primary N) is 1. The van der Waals surface area contributed by atoms with Gasteiger partial charge in [0, 0.05) is 6.04 Å². The fourth-order valence-corrected chi connectivity index (χ4v) is 1.86. The van der Waals surface area contributed by atoms with Gasteiger partial charge in [-0.25, -0.2) is 0 Å². The molecule has 0 heterocycles. The van der Waals surface area contributed by atoms with Crippen molar-refractivity contribution in [2.45, 2.75) is 71.4 Å². The van der Waals surface area contributed by atoms with Gasteiger partial charge in [-0.05, 0) is 32.6 Å². The summed E-state index contributed by atoms with van der Waals surface area (Å²) in [6, 6.07) is 0.0227. The van der Waals surface area contributed by atoms with Crippen LogP contribution >= 0.6 is 0 Å². The second-order valence-electron chi connectivity index (χ2n) is 5.41. The SMILES string of the molecule is CCC(N)(CC)C(=O)NC(C)CCCC(C)C(=O)O. The highest BCUT2D eigenvalue weighted by Crippen LogP contribution is 2.13. The third-order valence-electron chi connectivity index (χ3n) is 3.79. The molecule has 4 N–H and O–H groups in total. The molecule has 0 saturated carbocycles.